The standard InChI is InChI=1S/C2H2I2S2/c3-5-1-2-6-4/h1-2H/b2-1-. The molecule has 0 saturated carbocycles. The van der Waals surface area contributed by atoms with Gasteiger partial charge in [0, 0.05) is 42.4 Å². The summed E-state index contributed by atoms with van der Waals surface area (Å²) in [6.07, 6.45) is 0. The largest absolute Gasteiger partial charge is 0.0605 e. The molecule has 0 atom stereocenters. The molecule has 0 bridgehead atoms. The monoisotopic (exact) mass is 344 g/mol. The van der Waals surface area contributed by atoms with Gasteiger partial charge in [-0.25, -0.2) is 0 Å². The maximum Gasteiger partial charge on any atom is 0.000794 e. The second-order valence-corrected chi connectivity index (χ2v) is 4.40. The first kappa shape index (κ1) is 7.90. The lowest BCUT2D eigenvalue weighted by atomic mass is 11.3. The lowest BCUT2D eigenvalue weighted by Crippen LogP contribution is -1.25. The highest BCUT2D eigenvalue weighted by molar-refractivity contribution is 14.2. The van der Waals surface area contributed by atoms with Crippen molar-refractivity contribution in [2.45, 2.75) is 0 Å². The van der Waals surface area contributed by atoms with E-state index in [0.717, 1.165) is 0 Å². The van der Waals surface area contributed by atoms with Crippen LogP contribution in [0.3, 0.4) is 0 Å². The minimum atomic E-state index is 1.69. The Kier molecular flexibility index (Phi) is 9.09. The SMILES string of the molecule is IS/C=C\SI. The molecule has 0 aliphatic carbocycles. The Morgan fingerprint density at radius 2 is 1.33 bits per heavy atom. The minimum absolute atomic E-state index is 1.69. The summed E-state index contributed by atoms with van der Waals surface area (Å²) in [7, 11) is 3.38. The van der Waals surface area contributed by atoms with Crippen LogP contribution >= 0.6 is 60.3 Å². The number of rotatable bonds is 2. The van der Waals surface area contributed by atoms with E-state index in [2.05, 4.69) is 42.4 Å². The third kappa shape index (κ3) is 5.90. The Morgan fingerprint density at radius 1 is 1.00 bits per heavy atom. The molecule has 0 spiro atoms. The van der Waals surface area contributed by atoms with Crippen molar-refractivity contribution in [3.63, 3.8) is 0 Å². The van der Waals surface area contributed by atoms with Gasteiger partial charge < -0.3 is 0 Å². The summed E-state index contributed by atoms with van der Waals surface area (Å²) in [5.74, 6) is 0. The molecule has 0 aliphatic rings. The molecule has 0 rings (SSSR count). The van der Waals surface area contributed by atoms with E-state index >= 15 is 0 Å². The number of hydrogen-bond donors (Lipinski definition) is 0. The Labute approximate surface area is 70.1 Å². The first-order valence-corrected chi connectivity index (χ1v) is 7.96. The summed E-state index contributed by atoms with van der Waals surface area (Å²) in [4.78, 5) is 0. The molecule has 0 aromatic rings. The van der Waals surface area contributed by atoms with Crippen LogP contribution in [0.15, 0.2) is 10.8 Å². The lowest BCUT2D eigenvalue weighted by Gasteiger charge is -1.69. The molecule has 0 nitrogen and oxygen atoms in total. The summed E-state index contributed by atoms with van der Waals surface area (Å²) in [6, 6.07) is 0. The fourth-order valence-corrected chi connectivity index (χ4v) is 2.54. The van der Waals surface area contributed by atoms with Gasteiger partial charge in [0.15, 0.2) is 0 Å². The molecule has 6 heavy (non-hydrogen) atoms. The molecule has 0 saturated heterocycles. The molecule has 0 fully saturated rings. The van der Waals surface area contributed by atoms with Crippen molar-refractivity contribution in [2.75, 3.05) is 0 Å². The quantitative estimate of drug-likeness (QED) is 0.702. The van der Waals surface area contributed by atoms with Gasteiger partial charge >= 0.3 is 0 Å². The zero-order valence-corrected chi connectivity index (χ0v) is 8.68. The molecule has 0 aromatic carbocycles. The molecule has 4 heteroatoms. The lowest BCUT2D eigenvalue weighted by molar-refractivity contribution is 2.60. The van der Waals surface area contributed by atoms with E-state index in [1.165, 1.54) is 0 Å². The van der Waals surface area contributed by atoms with Crippen LogP contribution in [-0.2, 0) is 0 Å². The maximum atomic E-state index is 2.22. The van der Waals surface area contributed by atoms with E-state index in [0.29, 0.717) is 0 Å². The molecule has 0 heterocycles. The number of halogens is 2. The van der Waals surface area contributed by atoms with Crippen LogP contribution in [0.2, 0.25) is 0 Å². The van der Waals surface area contributed by atoms with Gasteiger partial charge in [0.05, 0.1) is 0 Å². The second kappa shape index (κ2) is 6.90. The summed E-state index contributed by atoms with van der Waals surface area (Å²) in [5, 5.41) is 4.08. The molecule has 0 aliphatic heterocycles. The van der Waals surface area contributed by atoms with Crippen molar-refractivity contribution >= 4 is 60.3 Å². The minimum Gasteiger partial charge on any atom is -0.0605 e. The van der Waals surface area contributed by atoms with E-state index in [-0.39, 0.29) is 0 Å². The van der Waals surface area contributed by atoms with Crippen LogP contribution in [0.5, 0.6) is 0 Å². The average Bonchev–Trinajstić information content (AvgIpc) is 1.61. The van der Waals surface area contributed by atoms with Crippen molar-refractivity contribution < 1.29 is 0 Å². The third-order valence-electron chi connectivity index (χ3n) is 0.158. The summed E-state index contributed by atoms with van der Waals surface area (Å²) in [5.41, 5.74) is 0. The van der Waals surface area contributed by atoms with E-state index < -0.39 is 0 Å². The zero-order valence-electron chi connectivity index (χ0n) is 2.73. The molecule has 0 aromatic heterocycles. The van der Waals surface area contributed by atoms with Gasteiger partial charge in [0.2, 0.25) is 0 Å². The normalized spacial score (nSPS) is 10.3. The zero-order chi connectivity index (χ0) is 4.83. The Balaban J connectivity index is 2.73. The summed E-state index contributed by atoms with van der Waals surface area (Å²) < 4.78 is 0. The smallest absolute Gasteiger partial charge is 0.000794 e. The van der Waals surface area contributed by atoms with Crippen molar-refractivity contribution in [3.8, 4) is 0 Å². The third-order valence-corrected chi connectivity index (χ3v) is 2.57. The van der Waals surface area contributed by atoms with Crippen molar-refractivity contribution in [3.05, 3.63) is 10.8 Å². The second-order valence-electron chi connectivity index (χ2n) is 0.450. The first-order chi connectivity index (χ1) is 2.91. The number of hydrogen-bond acceptors (Lipinski definition) is 2. The van der Waals surface area contributed by atoms with E-state index in [9.17, 15) is 0 Å². The van der Waals surface area contributed by atoms with Gasteiger partial charge in [0.25, 0.3) is 0 Å². The predicted molar refractivity (Wildman–Crippen MR) is 52.4 cm³/mol. The first-order valence-electron chi connectivity index (χ1n) is 1.11. The molecule has 0 radical (unpaired) electrons. The topological polar surface area (TPSA) is 0 Å². The highest BCUT2D eigenvalue weighted by Crippen LogP contribution is 2.18. The van der Waals surface area contributed by atoms with Gasteiger partial charge in [0.1, 0.15) is 0 Å². The van der Waals surface area contributed by atoms with Crippen molar-refractivity contribution in [1.82, 2.24) is 0 Å². The van der Waals surface area contributed by atoms with Gasteiger partial charge in [-0.3, -0.25) is 0 Å². The highest BCUT2D eigenvalue weighted by atomic mass is 127. The van der Waals surface area contributed by atoms with Crippen LogP contribution in [0.1, 0.15) is 0 Å². The van der Waals surface area contributed by atoms with Crippen LogP contribution in [-0.4, -0.2) is 0 Å². The van der Waals surface area contributed by atoms with Crippen molar-refractivity contribution in [1.29, 1.82) is 0 Å². The molecular weight excluding hydrogens is 342 g/mol. The van der Waals surface area contributed by atoms with Gasteiger partial charge in [-0.15, -0.1) is 0 Å². The van der Waals surface area contributed by atoms with E-state index in [1.54, 1.807) is 17.9 Å². The fourth-order valence-electron chi connectivity index (χ4n) is 0.0420. The summed E-state index contributed by atoms with van der Waals surface area (Å²) in [6.45, 7) is 0. The van der Waals surface area contributed by atoms with Crippen LogP contribution < -0.4 is 0 Å². The van der Waals surface area contributed by atoms with E-state index in [1.807, 2.05) is 10.8 Å². The average molecular weight is 344 g/mol. The maximum absolute atomic E-state index is 2.22. The molecule has 0 unspecified atom stereocenters. The van der Waals surface area contributed by atoms with E-state index in [4.69, 9.17) is 0 Å². The van der Waals surface area contributed by atoms with Crippen LogP contribution in [0.25, 0.3) is 0 Å². The van der Waals surface area contributed by atoms with Gasteiger partial charge in [-0.2, -0.15) is 0 Å². The highest BCUT2D eigenvalue weighted by Gasteiger charge is 1.63. The molecule has 0 N–H and O–H groups in total. The van der Waals surface area contributed by atoms with Gasteiger partial charge in [-0.1, -0.05) is 17.9 Å². The van der Waals surface area contributed by atoms with Crippen LogP contribution in [0.4, 0.5) is 0 Å². The van der Waals surface area contributed by atoms with Crippen molar-refractivity contribution in [2.24, 2.45) is 0 Å². The molecule has 36 valence electrons. The van der Waals surface area contributed by atoms with Crippen LogP contribution in [0, 0.1) is 0 Å². The predicted octanol–water partition coefficient (Wildman–Crippen LogP) is 3.62. The Hall–Kier alpha value is 1.90. The fraction of sp³-hybridized carbons (Fsp3) is 0. The van der Waals surface area contributed by atoms with Gasteiger partial charge in [-0.05, 0) is 10.8 Å². The summed E-state index contributed by atoms with van der Waals surface area (Å²) >= 11 is 4.45. The Bertz CT molecular complexity index is 38.8. The molecule has 0 amide bonds. The Morgan fingerprint density at radius 3 is 1.50 bits per heavy atom. The molecular formula is C2H2I2S2.